The molecule has 1 aliphatic rings. The van der Waals surface area contributed by atoms with E-state index in [0.717, 1.165) is 53.6 Å². The number of thioether (sulfide) groups is 1. The van der Waals surface area contributed by atoms with Crippen LogP contribution < -0.4 is 5.32 Å². The molecule has 0 unspecified atom stereocenters. The zero-order valence-corrected chi connectivity index (χ0v) is 18.1. The number of carbonyl (C=O) groups excluding carboxylic acids is 1. The molecule has 4 rings (SSSR count). The molecular weight excluding hydrogens is 420 g/mol. The smallest absolute Gasteiger partial charge is 0.230 e. The van der Waals surface area contributed by atoms with E-state index >= 15 is 0 Å². The Balaban J connectivity index is 1.42. The number of fused-ring (bicyclic) bond motifs is 1. The Morgan fingerprint density at radius 1 is 1.13 bits per heavy atom. The van der Waals surface area contributed by atoms with Crippen molar-refractivity contribution in [2.75, 3.05) is 32.1 Å². The van der Waals surface area contributed by atoms with E-state index in [0.29, 0.717) is 23.9 Å². The molecule has 1 N–H and O–H groups in total. The number of para-hydroxylation sites is 1. The average molecular weight is 443 g/mol. The first kappa shape index (κ1) is 21.1. The van der Waals surface area contributed by atoms with Gasteiger partial charge in [-0.3, -0.25) is 9.69 Å². The summed E-state index contributed by atoms with van der Waals surface area (Å²) >= 11 is 7.44. The number of amides is 1. The van der Waals surface area contributed by atoms with Gasteiger partial charge < -0.3 is 10.1 Å². The third kappa shape index (κ3) is 5.70. The van der Waals surface area contributed by atoms with E-state index < -0.39 is 0 Å². The lowest BCUT2D eigenvalue weighted by Crippen LogP contribution is -2.36. The molecule has 156 valence electrons. The number of carbonyl (C=O) groups is 1. The Morgan fingerprint density at radius 3 is 2.80 bits per heavy atom. The van der Waals surface area contributed by atoms with Crippen molar-refractivity contribution in [3.05, 3.63) is 64.9 Å². The largest absolute Gasteiger partial charge is 0.379 e. The quantitative estimate of drug-likeness (QED) is 0.446. The molecule has 8 heteroatoms. The number of nitrogens with zero attached hydrogens (tertiary/aromatic N) is 3. The first-order valence-electron chi connectivity index (χ1n) is 9.87. The molecule has 2 aromatic carbocycles. The number of ether oxygens (including phenoxy) is 1. The second-order valence-electron chi connectivity index (χ2n) is 7.05. The van der Waals surface area contributed by atoms with Crippen molar-refractivity contribution in [1.82, 2.24) is 20.2 Å². The normalized spacial score (nSPS) is 14.7. The summed E-state index contributed by atoms with van der Waals surface area (Å²) in [6.45, 7) is 4.37. The number of benzene rings is 2. The van der Waals surface area contributed by atoms with Gasteiger partial charge in [-0.1, -0.05) is 53.7 Å². The van der Waals surface area contributed by atoms with Crippen LogP contribution in [0.5, 0.6) is 0 Å². The maximum atomic E-state index is 12.4. The second kappa shape index (κ2) is 10.2. The monoisotopic (exact) mass is 442 g/mol. The van der Waals surface area contributed by atoms with Gasteiger partial charge in [0.05, 0.1) is 31.0 Å². The highest BCUT2D eigenvalue weighted by Gasteiger charge is 2.15. The lowest BCUT2D eigenvalue weighted by Gasteiger charge is -2.25. The van der Waals surface area contributed by atoms with Crippen molar-refractivity contribution < 1.29 is 9.53 Å². The zero-order chi connectivity index (χ0) is 20.8. The van der Waals surface area contributed by atoms with Crippen LogP contribution >= 0.6 is 23.4 Å². The number of nitrogens with one attached hydrogen (secondary N) is 1. The fraction of sp³-hybridized carbons (Fsp3) is 0.318. The highest BCUT2D eigenvalue weighted by atomic mass is 35.5. The number of hydrogen-bond acceptors (Lipinski definition) is 6. The van der Waals surface area contributed by atoms with Crippen LogP contribution in [-0.2, 0) is 22.6 Å². The summed E-state index contributed by atoms with van der Waals surface area (Å²) in [4.78, 5) is 24.2. The molecule has 1 aromatic heterocycles. The summed E-state index contributed by atoms with van der Waals surface area (Å²) in [7, 11) is 0. The van der Waals surface area contributed by atoms with Crippen molar-refractivity contribution >= 4 is 40.2 Å². The summed E-state index contributed by atoms with van der Waals surface area (Å²) in [5.74, 6) is 1.02. The lowest BCUT2D eigenvalue weighted by molar-refractivity contribution is -0.118. The van der Waals surface area contributed by atoms with Crippen molar-refractivity contribution in [1.29, 1.82) is 0 Å². The van der Waals surface area contributed by atoms with E-state index in [-0.39, 0.29) is 5.91 Å². The van der Waals surface area contributed by atoms with Crippen LogP contribution in [-0.4, -0.2) is 52.8 Å². The van der Waals surface area contributed by atoms with Crippen molar-refractivity contribution in [2.45, 2.75) is 18.1 Å². The van der Waals surface area contributed by atoms with E-state index in [1.807, 2.05) is 48.5 Å². The number of morpholine rings is 1. The topological polar surface area (TPSA) is 67.4 Å². The Kier molecular flexibility index (Phi) is 7.17. The van der Waals surface area contributed by atoms with E-state index in [1.54, 1.807) is 0 Å². The number of rotatable bonds is 7. The number of aromatic nitrogens is 2. The average Bonchev–Trinajstić information content (AvgIpc) is 2.77. The molecule has 0 radical (unpaired) electrons. The molecule has 1 fully saturated rings. The molecule has 1 aliphatic heterocycles. The minimum Gasteiger partial charge on any atom is -0.379 e. The standard InChI is InChI=1S/C22H23ClN4O2S/c23-17-5-3-4-16(12-17)13-24-21(28)15-30-22-18-6-1-2-7-19(18)25-20(26-22)14-27-8-10-29-11-9-27/h1-7,12H,8-11,13-15H2,(H,24,28). The molecular formula is C22H23ClN4O2S. The van der Waals surface area contributed by atoms with Crippen LogP contribution in [0.1, 0.15) is 11.4 Å². The maximum Gasteiger partial charge on any atom is 0.230 e. The van der Waals surface area contributed by atoms with Gasteiger partial charge in [-0.25, -0.2) is 9.97 Å². The first-order valence-corrected chi connectivity index (χ1v) is 11.2. The summed E-state index contributed by atoms with van der Waals surface area (Å²) in [5, 5.41) is 5.41. The van der Waals surface area contributed by atoms with E-state index in [9.17, 15) is 4.79 Å². The fourth-order valence-corrected chi connectivity index (χ4v) is 4.35. The minimum atomic E-state index is -0.0441. The Morgan fingerprint density at radius 2 is 1.97 bits per heavy atom. The van der Waals surface area contributed by atoms with Crippen LogP contribution in [0, 0.1) is 0 Å². The third-order valence-electron chi connectivity index (χ3n) is 4.80. The second-order valence-corrected chi connectivity index (χ2v) is 8.45. The van der Waals surface area contributed by atoms with Crippen LogP contribution in [0.25, 0.3) is 10.9 Å². The SMILES string of the molecule is O=C(CSc1nc(CN2CCOCC2)nc2ccccc12)NCc1cccc(Cl)c1. The Bertz CT molecular complexity index is 1030. The highest BCUT2D eigenvalue weighted by molar-refractivity contribution is 8.00. The van der Waals surface area contributed by atoms with Gasteiger partial charge in [-0.15, -0.1) is 0 Å². The van der Waals surface area contributed by atoms with Gasteiger partial charge in [0.25, 0.3) is 0 Å². The van der Waals surface area contributed by atoms with Gasteiger partial charge >= 0.3 is 0 Å². The van der Waals surface area contributed by atoms with Crippen molar-refractivity contribution in [3.8, 4) is 0 Å². The van der Waals surface area contributed by atoms with E-state index in [4.69, 9.17) is 26.3 Å². The molecule has 0 saturated carbocycles. The third-order valence-corrected chi connectivity index (χ3v) is 6.03. The molecule has 0 bridgehead atoms. The van der Waals surface area contributed by atoms with E-state index in [2.05, 4.69) is 10.2 Å². The molecule has 1 saturated heterocycles. The fourth-order valence-electron chi connectivity index (χ4n) is 3.27. The number of halogens is 1. The predicted octanol–water partition coefficient (Wildman–Crippen LogP) is 3.52. The molecule has 1 amide bonds. The molecule has 0 spiro atoms. The minimum absolute atomic E-state index is 0.0441. The summed E-state index contributed by atoms with van der Waals surface area (Å²) in [6.07, 6.45) is 0. The molecule has 30 heavy (non-hydrogen) atoms. The van der Waals surface area contributed by atoms with Crippen LogP contribution in [0.4, 0.5) is 0 Å². The Hall–Kier alpha value is -2.19. The van der Waals surface area contributed by atoms with Crippen LogP contribution in [0.2, 0.25) is 5.02 Å². The van der Waals surface area contributed by atoms with Gasteiger partial charge in [-0.05, 0) is 23.8 Å². The van der Waals surface area contributed by atoms with Crippen molar-refractivity contribution in [2.24, 2.45) is 0 Å². The predicted molar refractivity (Wildman–Crippen MR) is 120 cm³/mol. The van der Waals surface area contributed by atoms with Gasteiger partial charge in [0, 0.05) is 30.0 Å². The highest BCUT2D eigenvalue weighted by Crippen LogP contribution is 2.25. The van der Waals surface area contributed by atoms with Gasteiger partial charge in [0.15, 0.2) is 0 Å². The lowest BCUT2D eigenvalue weighted by atomic mass is 10.2. The van der Waals surface area contributed by atoms with Gasteiger partial charge in [-0.2, -0.15) is 0 Å². The molecule has 3 aromatic rings. The summed E-state index contributed by atoms with van der Waals surface area (Å²) in [5.41, 5.74) is 1.87. The maximum absolute atomic E-state index is 12.4. The first-order chi connectivity index (χ1) is 14.7. The van der Waals surface area contributed by atoms with Crippen LogP contribution in [0.15, 0.2) is 53.6 Å². The van der Waals surface area contributed by atoms with Crippen molar-refractivity contribution in [3.63, 3.8) is 0 Å². The summed E-state index contributed by atoms with van der Waals surface area (Å²) < 4.78 is 5.42. The van der Waals surface area contributed by atoms with E-state index in [1.165, 1.54) is 11.8 Å². The zero-order valence-electron chi connectivity index (χ0n) is 16.5. The van der Waals surface area contributed by atoms with Crippen LogP contribution in [0.3, 0.4) is 0 Å². The van der Waals surface area contributed by atoms with Gasteiger partial charge in [0.2, 0.25) is 5.91 Å². The Labute approximate surface area is 185 Å². The van der Waals surface area contributed by atoms with Gasteiger partial charge in [0.1, 0.15) is 10.9 Å². The molecule has 6 nitrogen and oxygen atoms in total. The summed E-state index contributed by atoms with van der Waals surface area (Å²) in [6, 6.07) is 15.4. The molecule has 0 aliphatic carbocycles. The molecule has 2 heterocycles. The molecule has 0 atom stereocenters. The number of hydrogen-bond donors (Lipinski definition) is 1.